The van der Waals surface area contributed by atoms with Crippen molar-refractivity contribution < 1.29 is 0 Å². The molecular weight excluding hydrogens is 208 g/mol. The van der Waals surface area contributed by atoms with Gasteiger partial charge < -0.3 is 5.32 Å². The second-order valence-electron chi connectivity index (χ2n) is 6.29. The van der Waals surface area contributed by atoms with E-state index in [-0.39, 0.29) is 5.54 Å². The van der Waals surface area contributed by atoms with Crippen molar-refractivity contribution in [2.75, 3.05) is 6.54 Å². The molecule has 2 nitrogen and oxygen atoms in total. The van der Waals surface area contributed by atoms with Crippen LogP contribution in [0.3, 0.4) is 0 Å². The van der Waals surface area contributed by atoms with Gasteiger partial charge in [0.25, 0.3) is 0 Å². The molecule has 1 fully saturated rings. The van der Waals surface area contributed by atoms with Crippen molar-refractivity contribution in [3.05, 3.63) is 30.1 Å². The van der Waals surface area contributed by atoms with Crippen LogP contribution in [0.2, 0.25) is 0 Å². The van der Waals surface area contributed by atoms with E-state index in [4.69, 9.17) is 0 Å². The molecule has 2 atom stereocenters. The molecule has 0 amide bonds. The predicted molar refractivity (Wildman–Crippen MR) is 71.9 cm³/mol. The van der Waals surface area contributed by atoms with Gasteiger partial charge in [-0.05, 0) is 70.0 Å². The molecule has 0 aliphatic heterocycles. The second kappa shape index (κ2) is 5.18. The van der Waals surface area contributed by atoms with E-state index in [9.17, 15) is 0 Å². The second-order valence-corrected chi connectivity index (χ2v) is 6.29. The van der Waals surface area contributed by atoms with E-state index in [0.29, 0.717) is 0 Å². The zero-order chi connectivity index (χ0) is 12.3. The molecule has 2 unspecified atom stereocenters. The van der Waals surface area contributed by atoms with Crippen LogP contribution >= 0.6 is 0 Å². The summed E-state index contributed by atoms with van der Waals surface area (Å²) in [4.78, 5) is 4.19. The smallest absolute Gasteiger partial charge is 0.0299 e. The van der Waals surface area contributed by atoms with Gasteiger partial charge in [0.1, 0.15) is 0 Å². The zero-order valence-corrected chi connectivity index (χ0v) is 11.2. The maximum atomic E-state index is 4.19. The van der Waals surface area contributed by atoms with Crippen molar-refractivity contribution in [2.45, 2.75) is 45.6 Å². The van der Waals surface area contributed by atoms with Crippen LogP contribution in [0.5, 0.6) is 0 Å². The summed E-state index contributed by atoms with van der Waals surface area (Å²) in [6.07, 6.45) is 7.82. The number of hydrogen-bond acceptors (Lipinski definition) is 2. The SMILES string of the molecule is CC(C)(C)NCC1CCC1Cc1cccnc1. The minimum absolute atomic E-state index is 0.244. The third-order valence-corrected chi connectivity index (χ3v) is 3.69. The highest BCUT2D eigenvalue weighted by molar-refractivity contribution is 5.10. The van der Waals surface area contributed by atoms with Crippen LogP contribution in [0.4, 0.5) is 0 Å². The topological polar surface area (TPSA) is 24.9 Å². The van der Waals surface area contributed by atoms with E-state index in [1.807, 2.05) is 18.5 Å². The molecule has 17 heavy (non-hydrogen) atoms. The molecule has 0 spiro atoms. The Hall–Kier alpha value is -0.890. The Bertz CT molecular complexity index is 340. The van der Waals surface area contributed by atoms with Crippen molar-refractivity contribution in [1.29, 1.82) is 0 Å². The monoisotopic (exact) mass is 232 g/mol. The molecule has 0 saturated heterocycles. The lowest BCUT2D eigenvalue weighted by Crippen LogP contribution is -2.44. The van der Waals surface area contributed by atoms with Crippen LogP contribution in [0.1, 0.15) is 39.2 Å². The van der Waals surface area contributed by atoms with Crippen molar-refractivity contribution in [2.24, 2.45) is 11.8 Å². The summed E-state index contributed by atoms with van der Waals surface area (Å²) in [6.45, 7) is 7.87. The van der Waals surface area contributed by atoms with Crippen LogP contribution < -0.4 is 5.32 Å². The molecule has 1 aliphatic carbocycles. The first-order valence-corrected chi connectivity index (χ1v) is 6.68. The molecular formula is C15H24N2. The average molecular weight is 232 g/mol. The standard InChI is InChI=1S/C15H24N2/c1-15(2,3)17-11-14-7-6-13(14)9-12-5-4-8-16-10-12/h4-5,8,10,13-14,17H,6-7,9,11H2,1-3H3. The first kappa shape index (κ1) is 12.6. The molecule has 2 rings (SSSR count). The van der Waals surface area contributed by atoms with Gasteiger partial charge in [0.2, 0.25) is 0 Å². The Balaban J connectivity index is 1.79. The number of aromatic nitrogens is 1. The van der Waals surface area contributed by atoms with Crippen molar-refractivity contribution in [3.63, 3.8) is 0 Å². The van der Waals surface area contributed by atoms with Crippen LogP contribution in [0.15, 0.2) is 24.5 Å². The minimum Gasteiger partial charge on any atom is -0.312 e. The van der Waals surface area contributed by atoms with E-state index >= 15 is 0 Å². The molecule has 0 radical (unpaired) electrons. The van der Waals surface area contributed by atoms with E-state index < -0.39 is 0 Å². The van der Waals surface area contributed by atoms with Crippen LogP contribution in [-0.2, 0) is 6.42 Å². The molecule has 0 bridgehead atoms. The van der Waals surface area contributed by atoms with E-state index in [1.54, 1.807) is 0 Å². The fourth-order valence-corrected chi connectivity index (χ4v) is 2.43. The van der Waals surface area contributed by atoms with Crippen molar-refractivity contribution in [1.82, 2.24) is 10.3 Å². The van der Waals surface area contributed by atoms with E-state index in [1.165, 1.54) is 24.8 Å². The molecule has 1 aromatic heterocycles. The van der Waals surface area contributed by atoms with Gasteiger partial charge in [0, 0.05) is 17.9 Å². The lowest BCUT2D eigenvalue weighted by Gasteiger charge is -2.38. The third kappa shape index (κ3) is 3.81. The summed E-state index contributed by atoms with van der Waals surface area (Å²) in [5.74, 6) is 1.71. The van der Waals surface area contributed by atoms with Gasteiger partial charge in [-0.25, -0.2) is 0 Å². The van der Waals surface area contributed by atoms with Gasteiger partial charge in [-0.2, -0.15) is 0 Å². The predicted octanol–water partition coefficient (Wildman–Crippen LogP) is 3.04. The van der Waals surface area contributed by atoms with Crippen LogP contribution in [-0.4, -0.2) is 17.1 Å². The highest BCUT2D eigenvalue weighted by Gasteiger charge is 2.31. The van der Waals surface area contributed by atoms with E-state index in [2.05, 4.69) is 37.1 Å². The first-order chi connectivity index (χ1) is 8.04. The Morgan fingerprint density at radius 1 is 1.29 bits per heavy atom. The minimum atomic E-state index is 0.244. The van der Waals surface area contributed by atoms with Crippen LogP contribution in [0.25, 0.3) is 0 Å². The van der Waals surface area contributed by atoms with Gasteiger partial charge in [-0.3, -0.25) is 4.98 Å². The summed E-state index contributed by atoms with van der Waals surface area (Å²) < 4.78 is 0. The number of nitrogens with one attached hydrogen (secondary N) is 1. The lowest BCUT2D eigenvalue weighted by atomic mass is 9.70. The summed E-state index contributed by atoms with van der Waals surface area (Å²) >= 11 is 0. The maximum Gasteiger partial charge on any atom is 0.0299 e. The molecule has 2 heteroatoms. The van der Waals surface area contributed by atoms with Crippen molar-refractivity contribution in [3.8, 4) is 0 Å². The number of pyridine rings is 1. The van der Waals surface area contributed by atoms with E-state index in [0.717, 1.165) is 18.4 Å². The quantitative estimate of drug-likeness (QED) is 0.863. The van der Waals surface area contributed by atoms with Gasteiger partial charge in [-0.1, -0.05) is 6.07 Å². The van der Waals surface area contributed by atoms with Crippen molar-refractivity contribution >= 4 is 0 Å². The summed E-state index contributed by atoms with van der Waals surface area (Å²) in [6, 6.07) is 4.23. The Morgan fingerprint density at radius 2 is 2.06 bits per heavy atom. The Kier molecular flexibility index (Phi) is 3.82. The molecule has 1 N–H and O–H groups in total. The van der Waals surface area contributed by atoms with Gasteiger partial charge in [0.05, 0.1) is 0 Å². The summed E-state index contributed by atoms with van der Waals surface area (Å²) in [5, 5.41) is 3.62. The molecule has 0 aromatic carbocycles. The third-order valence-electron chi connectivity index (χ3n) is 3.69. The molecule has 1 saturated carbocycles. The van der Waals surface area contributed by atoms with Gasteiger partial charge in [-0.15, -0.1) is 0 Å². The molecule has 94 valence electrons. The largest absolute Gasteiger partial charge is 0.312 e. The fraction of sp³-hybridized carbons (Fsp3) is 0.667. The average Bonchev–Trinajstić information content (AvgIpc) is 2.24. The molecule has 1 aromatic rings. The molecule has 1 aliphatic rings. The fourth-order valence-electron chi connectivity index (χ4n) is 2.43. The first-order valence-electron chi connectivity index (χ1n) is 6.68. The Morgan fingerprint density at radius 3 is 2.59 bits per heavy atom. The zero-order valence-electron chi connectivity index (χ0n) is 11.2. The van der Waals surface area contributed by atoms with Gasteiger partial charge in [0.15, 0.2) is 0 Å². The maximum absolute atomic E-state index is 4.19. The summed E-state index contributed by atoms with van der Waals surface area (Å²) in [7, 11) is 0. The lowest BCUT2D eigenvalue weighted by molar-refractivity contribution is 0.159. The number of rotatable bonds is 4. The normalized spacial score (nSPS) is 24.4. The number of nitrogens with zero attached hydrogens (tertiary/aromatic N) is 1. The highest BCUT2D eigenvalue weighted by Crippen LogP contribution is 2.36. The highest BCUT2D eigenvalue weighted by atomic mass is 14.9. The van der Waals surface area contributed by atoms with Crippen LogP contribution in [0, 0.1) is 11.8 Å². The number of hydrogen-bond donors (Lipinski definition) is 1. The molecule has 1 heterocycles. The Labute approximate surface area is 105 Å². The summed E-state index contributed by atoms with van der Waals surface area (Å²) in [5.41, 5.74) is 1.63. The van der Waals surface area contributed by atoms with Gasteiger partial charge >= 0.3 is 0 Å².